The Hall–Kier alpha value is -4.07. The summed E-state index contributed by atoms with van der Waals surface area (Å²) in [7, 11) is 0. The first-order valence-corrected chi connectivity index (χ1v) is 12.6. The molecule has 0 spiro atoms. The average molecular weight is 557 g/mol. The number of aliphatic hydroxyl groups excluding tert-OH is 1. The summed E-state index contributed by atoms with van der Waals surface area (Å²) in [5.41, 5.74) is 2.33. The molecule has 0 aliphatic rings. The topological polar surface area (TPSA) is 112 Å². The third-order valence-corrected chi connectivity index (χ3v) is 6.21. The Kier molecular flexibility index (Phi) is 10.2. The fourth-order valence-electron chi connectivity index (χ4n) is 4.08. The third-order valence-electron chi connectivity index (χ3n) is 6.21. The van der Waals surface area contributed by atoms with Crippen molar-refractivity contribution in [2.45, 2.75) is 51.1 Å². The van der Waals surface area contributed by atoms with Gasteiger partial charge in [0.2, 0.25) is 0 Å². The number of ether oxygens (including phenoxy) is 2. The van der Waals surface area contributed by atoms with E-state index < -0.39 is 18.4 Å². The molecule has 0 aliphatic heterocycles. The van der Waals surface area contributed by atoms with Gasteiger partial charge < -0.3 is 25.0 Å². The van der Waals surface area contributed by atoms with Gasteiger partial charge in [-0.3, -0.25) is 0 Å². The lowest BCUT2D eigenvalue weighted by Crippen LogP contribution is -2.44. The summed E-state index contributed by atoms with van der Waals surface area (Å²) in [4.78, 5) is 11.1. The molecule has 0 amide bonds. The van der Waals surface area contributed by atoms with Crippen LogP contribution in [0.2, 0.25) is 0 Å². The molecule has 212 valence electrons. The number of benzene rings is 3. The third kappa shape index (κ3) is 9.59. The minimum absolute atomic E-state index is 0.0643. The number of carboxylic acids is 1. The molecule has 3 N–H and O–H groups in total. The zero-order chi connectivity index (χ0) is 29.3. The maximum absolute atomic E-state index is 12.5. The predicted molar refractivity (Wildman–Crippen MR) is 143 cm³/mol. The number of hydrogen-bond acceptors (Lipinski definition) is 6. The summed E-state index contributed by atoms with van der Waals surface area (Å²) >= 11 is 0. The summed E-state index contributed by atoms with van der Waals surface area (Å²) in [6.45, 7) is 4.10. The van der Waals surface area contributed by atoms with Gasteiger partial charge in [-0.1, -0.05) is 30.3 Å². The number of halogens is 3. The Morgan fingerprint density at radius 2 is 1.75 bits per heavy atom. The molecular weight excluding hydrogens is 525 g/mol. The highest BCUT2D eigenvalue weighted by molar-refractivity contribution is 5.88. The van der Waals surface area contributed by atoms with Crippen LogP contribution in [0.1, 0.15) is 48.2 Å². The highest BCUT2D eigenvalue weighted by atomic mass is 19.4. The monoisotopic (exact) mass is 556 g/mol. The Bertz CT molecular complexity index is 1330. The summed E-state index contributed by atoms with van der Waals surface area (Å²) in [6, 6.07) is 19.3. The Morgan fingerprint density at radius 3 is 2.40 bits per heavy atom. The first-order chi connectivity index (χ1) is 18.8. The lowest BCUT2D eigenvalue weighted by atomic mass is 9.95. The van der Waals surface area contributed by atoms with Crippen LogP contribution in [0.4, 0.5) is 13.2 Å². The zero-order valence-electron chi connectivity index (χ0n) is 22.2. The van der Waals surface area contributed by atoms with Crippen molar-refractivity contribution in [1.29, 1.82) is 5.26 Å². The molecular formula is C30H31F3N2O5. The molecule has 0 saturated carbocycles. The van der Waals surface area contributed by atoms with Crippen LogP contribution in [-0.2, 0) is 6.42 Å². The van der Waals surface area contributed by atoms with Crippen LogP contribution in [0.3, 0.4) is 0 Å². The van der Waals surface area contributed by atoms with E-state index in [4.69, 9.17) is 9.84 Å². The number of hydrogen-bond donors (Lipinski definition) is 3. The van der Waals surface area contributed by atoms with Crippen LogP contribution in [0.25, 0.3) is 11.1 Å². The van der Waals surface area contributed by atoms with Crippen LogP contribution in [0.5, 0.6) is 11.5 Å². The quantitative estimate of drug-likeness (QED) is 0.238. The normalized spacial score (nSPS) is 12.4. The van der Waals surface area contributed by atoms with Crippen LogP contribution < -0.4 is 14.8 Å². The maximum Gasteiger partial charge on any atom is 0.573 e. The smallest absolute Gasteiger partial charge is 0.489 e. The molecule has 0 saturated heterocycles. The molecule has 7 nitrogen and oxygen atoms in total. The van der Waals surface area contributed by atoms with E-state index in [0.717, 1.165) is 16.7 Å². The molecule has 0 aromatic heterocycles. The predicted octanol–water partition coefficient (Wildman–Crippen LogP) is 5.95. The van der Waals surface area contributed by atoms with Gasteiger partial charge in [-0.15, -0.1) is 13.2 Å². The van der Waals surface area contributed by atoms with Gasteiger partial charge >= 0.3 is 12.3 Å². The van der Waals surface area contributed by atoms with Gasteiger partial charge in [0.1, 0.15) is 30.3 Å². The van der Waals surface area contributed by atoms with Gasteiger partial charge in [-0.05, 0) is 86.2 Å². The molecule has 1 unspecified atom stereocenters. The average Bonchev–Trinajstić information content (AvgIpc) is 2.90. The highest BCUT2D eigenvalue weighted by Gasteiger charge is 2.31. The van der Waals surface area contributed by atoms with E-state index in [1.54, 1.807) is 36.4 Å². The number of rotatable bonds is 13. The SMILES string of the molecule is CC(C)(CCCc1cccc(OC(F)(F)F)c1)NCC(O)COc1cc(-c2ccc(C(=O)O)cc2)ccc1C#N. The summed E-state index contributed by atoms with van der Waals surface area (Å²) in [5, 5.41) is 32.3. The van der Waals surface area contributed by atoms with Gasteiger partial charge in [0.25, 0.3) is 0 Å². The summed E-state index contributed by atoms with van der Waals surface area (Å²) in [5.74, 6) is -0.963. The van der Waals surface area contributed by atoms with Crippen molar-refractivity contribution in [1.82, 2.24) is 5.32 Å². The maximum atomic E-state index is 12.5. The van der Waals surface area contributed by atoms with Crippen molar-refractivity contribution in [3.63, 3.8) is 0 Å². The molecule has 3 aromatic rings. The molecule has 3 aromatic carbocycles. The first kappa shape index (κ1) is 30.5. The second kappa shape index (κ2) is 13.3. The summed E-state index contributed by atoms with van der Waals surface area (Å²) < 4.78 is 47.1. The lowest BCUT2D eigenvalue weighted by molar-refractivity contribution is -0.274. The van der Waals surface area contributed by atoms with Gasteiger partial charge in [-0.25, -0.2) is 4.79 Å². The number of nitriles is 1. The number of nitrogens with zero attached hydrogens (tertiary/aromatic N) is 1. The fourth-order valence-corrected chi connectivity index (χ4v) is 4.08. The van der Waals surface area contributed by atoms with E-state index in [2.05, 4.69) is 16.1 Å². The van der Waals surface area contributed by atoms with Gasteiger partial charge in [0, 0.05) is 12.1 Å². The zero-order valence-corrected chi connectivity index (χ0v) is 22.2. The van der Waals surface area contributed by atoms with Crippen molar-refractivity contribution >= 4 is 5.97 Å². The molecule has 10 heteroatoms. The number of β-amino-alcohol motifs (C(OH)–C–C–N with tert-alkyl or cyclic N) is 1. The molecule has 1 atom stereocenters. The lowest BCUT2D eigenvalue weighted by Gasteiger charge is -2.28. The molecule has 3 rings (SSSR count). The summed E-state index contributed by atoms with van der Waals surface area (Å²) in [6.07, 6.45) is -3.64. The molecule has 0 fully saturated rings. The Morgan fingerprint density at radius 1 is 1.05 bits per heavy atom. The van der Waals surface area contributed by atoms with E-state index in [9.17, 15) is 28.3 Å². The van der Waals surface area contributed by atoms with Crippen molar-refractivity contribution < 1.29 is 37.7 Å². The van der Waals surface area contributed by atoms with Crippen molar-refractivity contribution in [2.75, 3.05) is 13.2 Å². The van der Waals surface area contributed by atoms with Crippen molar-refractivity contribution in [3.8, 4) is 28.7 Å². The molecule has 40 heavy (non-hydrogen) atoms. The minimum Gasteiger partial charge on any atom is -0.489 e. The van der Waals surface area contributed by atoms with Crippen molar-refractivity contribution in [2.24, 2.45) is 0 Å². The number of aliphatic hydroxyl groups is 1. The first-order valence-electron chi connectivity index (χ1n) is 12.6. The van der Waals surface area contributed by atoms with E-state index in [1.807, 2.05) is 13.8 Å². The van der Waals surface area contributed by atoms with Crippen molar-refractivity contribution in [3.05, 3.63) is 83.4 Å². The van der Waals surface area contributed by atoms with Gasteiger partial charge in [0.15, 0.2) is 0 Å². The highest BCUT2D eigenvalue weighted by Crippen LogP contribution is 2.28. The number of aromatic carboxylic acids is 1. The van der Waals surface area contributed by atoms with Crippen LogP contribution >= 0.6 is 0 Å². The van der Waals surface area contributed by atoms with E-state index >= 15 is 0 Å². The number of carbonyl (C=O) groups is 1. The van der Waals surface area contributed by atoms with Gasteiger partial charge in [-0.2, -0.15) is 5.26 Å². The Labute approximate surface area is 230 Å². The van der Waals surface area contributed by atoms with E-state index in [0.29, 0.717) is 30.6 Å². The fraction of sp³-hybridized carbons (Fsp3) is 0.333. The standard InChI is InChI=1S/C30H31F3N2O5/c1-29(2,14-4-6-20-5-3-7-26(15-20)40-30(31,32)33)35-18-25(36)19-39-27-16-23(12-13-24(27)17-34)21-8-10-22(11-9-21)28(37)38/h3,5,7-13,15-16,25,35-36H,4,6,14,18-19H2,1-2H3,(H,37,38). The van der Waals surface area contributed by atoms with Crippen LogP contribution in [0.15, 0.2) is 66.7 Å². The molecule has 0 aliphatic carbocycles. The van der Waals surface area contributed by atoms with Crippen LogP contribution in [-0.4, -0.2) is 47.3 Å². The number of carboxylic acid groups (broad SMARTS) is 1. The molecule has 0 heterocycles. The van der Waals surface area contributed by atoms with E-state index in [1.165, 1.54) is 30.3 Å². The van der Waals surface area contributed by atoms with Crippen LogP contribution in [0, 0.1) is 11.3 Å². The number of aryl methyl sites for hydroxylation is 1. The molecule has 0 bridgehead atoms. The molecule has 0 radical (unpaired) electrons. The second-order valence-corrected chi connectivity index (χ2v) is 9.98. The number of nitrogens with one attached hydrogen (secondary N) is 1. The Balaban J connectivity index is 1.49. The van der Waals surface area contributed by atoms with E-state index in [-0.39, 0.29) is 30.0 Å². The number of alkyl halides is 3. The minimum atomic E-state index is -4.73. The second-order valence-electron chi connectivity index (χ2n) is 9.98. The largest absolute Gasteiger partial charge is 0.573 e. The van der Waals surface area contributed by atoms with Gasteiger partial charge in [0.05, 0.1) is 11.1 Å².